The number of hydrogen-bond acceptors (Lipinski definition) is 4. The molecule has 2 amide bonds. The molecule has 122 valence electrons. The summed E-state index contributed by atoms with van der Waals surface area (Å²) in [6.07, 6.45) is 0.311. The van der Waals surface area contributed by atoms with Crippen LogP contribution in [0.25, 0.3) is 0 Å². The number of hydrogen-bond donors (Lipinski definition) is 2. The Hall–Kier alpha value is -2.34. The number of carbonyl (C=O) groups excluding carboxylic acids is 2. The summed E-state index contributed by atoms with van der Waals surface area (Å²) in [5.41, 5.74) is 0.925. The van der Waals surface area contributed by atoms with Gasteiger partial charge in [-0.1, -0.05) is 18.2 Å². The summed E-state index contributed by atoms with van der Waals surface area (Å²) in [5, 5.41) is 7.41. The van der Waals surface area contributed by atoms with Gasteiger partial charge >= 0.3 is 0 Å². The smallest absolute Gasteiger partial charge is 0.261 e. The van der Waals surface area contributed by atoms with E-state index in [4.69, 9.17) is 4.74 Å². The van der Waals surface area contributed by atoms with Crippen LogP contribution in [0.15, 0.2) is 41.8 Å². The number of rotatable bonds is 8. The molecule has 2 N–H and O–H groups in total. The number of amides is 2. The fourth-order valence-corrected chi connectivity index (χ4v) is 2.63. The number of benzene rings is 1. The van der Waals surface area contributed by atoms with E-state index in [1.807, 2.05) is 42.6 Å². The Morgan fingerprint density at radius 1 is 1.09 bits per heavy atom. The topological polar surface area (TPSA) is 67.4 Å². The first-order chi connectivity index (χ1) is 11.2. The Kier molecular flexibility index (Phi) is 6.62. The van der Waals surface area contributed by atoms with Crippen LogP contribution in [0.1, 0.15) is 22.2 Å². The lowest BCUT2D eigenvalue weighted by Crippen LogP contribution is -2.35. The zero-order valence-corrected chi connectivity index (χ0v) is 13.8. The minimum Gasteiger partial charge on any atom is -0.494 e. The Morgan fingerprint density at radius 2 is 1.83 bits per heavy atom. The van der Waals surface area contributed by atoms with E-state index < -0.39 is 0 Å². The molecule has 1 aromatic carbocycles. The van der Waals surface area contributed by atoms with E-state index in [-0.39, 0.29) is 11.8 Å². The van der Waals surface area contributed by atoms with Crippen molar-refractivity contribution in [2.75, 3.05) is 19.7 Å². The van der Waals surface area contributed by atoms with Gasteiger partial charge in [0.05, 0.1) is 17.9 Å². The maximum Gasteiger partial charge on any atom is 0.261 e. The van der Waals surface area contributed by atoms with Gasteiger partial charge in [0.2, 0.25) is 5.91 Å². The molecule has 1 aromatic heterocycles. The van der Waals surface area contributed by atoms with Crippen molar-refractivity contribution in [2.24, 2.45) is 0 Å². The average molecular weight is 332 g/mol. The Bertz CT molecular complexity index is 624. The molecule has 0 aliphatic carbocycles. The van der Waals surface area contributed by atoms with Crippen LogP contribution >= 0.6 is 11.3 Å². The molecule has 0 atom stereocenters. The highest BCUT2D eigenvalue weighted by atomic mass is 32.1. The second kappa shape index (κ2) is 8.95. The molecule has 2 aromatic rings. The monoisotopic (exact) mass is 332 g/mol. The van der Waals surface area contributed by atoms with Crippen LogP contribution in [0.2, 0.25) is 0 Å². The molecule has 0 bridgehead atoms. The molecule has 0 aliphatic heterocycles. The highest BCUT2D eigenvalue weighted by molar-refractivity contribution is 7.12. The third kappa shape index (κ3) is 5.75. The lowest BCUT2D eigenvalue weighted by Gasteiger charge is -2.07. The van der Waals surface area contributed by atoms with Crippen LogP contribution in [0, 0.1) is 0 Å². The molecule has 0 saturated heterocycles. The van der Waals surface area contributed by atoms with Gasteiger partial charge in [-0.15, -0.1) is 11.3 Å². The quantitative estimate of drug-likeness (QED) is 0.729. The third-order valence-corrected chi connectivity index (χ3v) is 3.95. The molecular formula is C17H20N2O3S. The molecule has 0 radical (unpaired) electrons. The molecule has 6 heteroatoms. The zero-order valence-electron chi connectivity index (χ0n) is 13.0. The van der Waals surface area contributed by atoms with Gasteiger partial charge in [-0.25, -0.2) is 0 Å². The van der Waals surface area contributed by atoms with Gasteiger partial charge in [0.25, 0.3) is 5.91 Å². The van der Waals surface area contributed by atoms with Crippen molar-refractivity contribution in [1.29, 1.82) is 0 Å². The van der Waals surface area contributed by atoms with Crippen molar-refractivity contribution in [3.8, 4) is 5.75 Å². The minimum atomic E-state index is -0.110. The van der Waals surface area contributed by atoms with Crippen LogP contribution in [0.5, 0.6) is 5.75 Å². The first-order valence-electron chi connectivity index (χ1n) is 7.49. The number of thiophene rings is 1. The molecule has 0 saturated carbocycles. The molecule has 1 heterocycles. The Morgan fingerprint density at radius 3 is 2.48 bits per heavy atom. The van der Waals surface area contributed by atoms with Crippen LogP contribution in [0.3, 0.4) is 0 Å². The second-order valence-electron chi connectivity index (χ2n) is 4.84. The molecule has 2 rings (SSSR count). The van der Waals surface area contributed by atoms with Crippen molar-refractivity contribution < 1.29 is 14.3 Å². The molecular weight excluding hydrogens is 312 g/mol. The summed E-state index contributed by atoms with van der Waals surface area (Å²) >= 11 is 1.39. The summed E-state index contributed by atoms with van der Waals surface area (Å²) in [7, 11) is 0. The highest BCUT2D eigenvalue weighted by Crippen LogP contribution is 2.12. The second-order valence-corrected chi connectivity index (χ2v) is 5.78. The van der Waals surface area contributed by atoms with Crippen LogP contribution in [-0.4, -0.2) is 31.5 Å². The van der Waals surface area contributed by atoms with Crippen molar-refractivity contribution in [2.45, 2.75) is 13.3 Å². The molecule has 5 nitrogen and oxygen atoms in total. The first kappa shape index (κ1) is 17.0. The molecule has 0 aliphatic rings. The van der Waals surface area contributed by atoms with Gasteiger partial charge in [-0.05, 0) is 36.1 Å². The Labute approximate surface area is 139 Å². The normalized spacial score (nSPS) is 10.1. The standard InChI is InChI=1S/C17H20N2O3S/c1-2-22-14-7-5-13(6-8-14)12-16(20)18-9-10-19-17(21)15-4-3-11-23-15/h3-8,11H,2,9-10,12H2,1H3,(H,18,20)(H,19,21). The van der Waals surface area contributed by atoms with Gasteiger partial charge in [-0.3, -0.25) is 9.59 Å². The fourth-order valence-electron chi connectivity index (χ4n) is 1.99. The van der Waals surface area contributed by atoms with E-state index >= 15 is 0 Å². The minimum absolute atomic E-state index is 0.0699. The summed E-state index contributed by atoms with van der Waals surface area (Å²) in [6, 6.07) is 11.1. The number of carbonyl (C=O) groups is 2. The summed E-state index contributed by atoms with van der Waals surface area (Å²) in [6.45, 7) is 3.37. The predicted octanol–water partition coefficient (Wildman–Crippen LogP) is 2.24. The highest BCUT2D eigenvalue weighted by Gasteiger charge is 2.06. The van der Waals surface area contributed by atoms with Crippen LogP contribution in [0.4, 0.5) is 0 Å². The van der Waals surface area contributed by atoms with Gasteiger partial charge in [-0.2, -0.15) is 0 Å². The third-order valence-electron chi connectivity index (χ3n) is 3.08. The van der Waals surface area contributed by atoms with Crippen LogP contribution in [-0.2, 0) is 11.2 Å². The molecule has 0 unspecified atom stereocenters. The van der Waals surface area contributed by atoms with Gasteiger partial charge < -0.3 is 15.4 Å². The predicted molar refractivity (Wildman–Crippen MR) is 91.0 cm³/mol. The van der Waals surface area contributed by atoms with Gasteiger partial charge in [0, 0.05) is 13.1 Å². The van der Waals surface area contributed by atoms with Crippen molar-refractivity contribution in [3.05, 3.63) is 52.2 Å². The number of nitrogens with one attached hydrogen (secondary N) is 2. The Balaban J connectivity index is 1.66. The fraction of sp³-hybridized carbons (Fsp3) is 0.294. The number of ether oxygens (including phenoxy) is 1. The van der Waals surface area contributed by atoms with Gasteiger partial charge in [0.1, 0.15) is 5.75 Å². The maximum atomic E-state index is 11.8. The summed E-state index contributed by atoms with van der Waals surface area (Å²) in [5.74, 6) is 0.619. The first-order valence-corrected chi connectivity index (χ1v) is 8.37. The summed E-state index contributed by atoms with van der Waals surface area (Å²) < 4.78 is 5.36. The van der Waals surface area contributed by atoms with Gasteiger partial charge in [0.15, 0.2) is 0 Å². The van der Waals surface area contributed by atoms with E-state index in [0.29, 0.717) is 31.0 Å². The summed E-state index contributed by atoms with van der Waals surface area (Å²) in [4.78, 5) is 24.2. The maximum absolute atomic E-state index is 11.8. The van der Waals surface area contributed by atoms with E-state index in [1.165, 1.54) is 11.3 Å². The molecule has 23 heavy (non-hydrogen) atoms. The van der Waals surface area contributed by atoms with Crippen molar-refractivity contribution >= 4 is 23.2 Å². The molecule has 0 fully saturated rings. The van der Waals surface area contributed by atoms with E-state index in [1.54, 1.807) is 6.07 Å². The zero-order chi connectivity index (χ0) is 16.5. The largest absolute Gasteiger partial charge is 0.494 e. The SMILES string of the molecule is CCOc1ccc(CC(=O)NCCNC(=O)c2cccs2)cc1. The lowest BCUT2D eigenvalue weighted by atomic mass is 10.1. The van der Waals surface area contributed by atoms with Crippen LogP contribution < -0.4 is 15.4 Å². The average Bonchev–Trinajstić information content (AvgIpc) is 3.08. The molecule has 0 spiro atoms. The van der Waals surface area contributed by atoms with E-state index in [2.05, 4.69) is 10.6 Å². The van der Waals surface area contributed by atoms with Crippen molar-refractivity contribution in [3.63, 3.8) is 0 Å². The van der Waals surface area contributed by atoms with E-state index in [9.17, 15) is 9.59 Å². The lowest BCUT2D eigenvalue weighted by molar-refractivity contribution is -0.120. The van der Waals surface area contributed by atoms with E-state index in [0.717, 1.165) is 11.3 Å². The van der Waals surface area contributed by atoms with Crippen molar-refractivity contribution in [1.82, 2.24) is 10.6 Å².